The van der Waals surface area contributed by atoms with Crippen molar-refractivity contribution in [2.24, 2.45) is 0 Å². The van der Waals surface area contributed by atoms with Gasteiger partial charge in [0.1, 0.15) is 12.1 Å². The standard InChI is InChI=1S/C20H19BrN4O3/c1-28-14-4-5-17(21)16(11-14)19(26)24-9-6-13(7-10-24)25-12-23-18-15(20(25)27)3-2-8-22-18/h2-5,8,11-13H,6-7,9-10H2,1H3. The number of methoxy groups -OCH3 is 1. The molecule has 3 heterocycles. The first kappa shape index (κ1) is 18.6. The van der Waals surface area contributed by atoms with Gasteiger partial charge in [-0.15, -0.1) is 0 Å². The lowest BCUT2D eigenvalue weighted by molar-refractivity contribution is 0.0692. The second-order valence-electron chi connectivity index (χ2n) is 6.70. The molecule has 0 aliphatic carbocycles. The number of halogens is 1. The molecule has 1 saturated heterocycles. The zero-order valence-electron chi connectivity index (χ0n) is 15.3. The Morgan fingerprint density at radius 3 is 2.75 bits per heavy atom. The second-order valence-corrected chi connectivity index (χ2v) is 7.56. The van der Waals surface area contributed by atoms with Gasteiger partial charge in [-0.05, 0) is 59.1 Å². The van der Waals surface area contributed by atoms with E-state index in [4.69, 9.17) is 4.74 Å². The van der Waals surface area contributed by atoms with E-state index in [9.17, 15) is 9.59 Å². The van der Waals surface area contributed by atoms with E-state index in [0.717, 1.165) is 4.47 Å². The number of pyridine rings is 1. The highest BCUT2D eigenvalue weighted by Gasteiger charge is 2.26. The molecule has 0 spiro atoms. The Morgan fingerprint density at radius 1 is 1.21 bits per heavy atom. The molecule has 3 aromatic rings. The van der Waals surface area contributed by atoms with Crippen molar-refractivity contribution in [3.05, 3.63) is 63.2 Å². The highest BCUT2D eigenvalue weighted by molar-refractivity contribution is 9.10. The Balaban J connectivity index is 1.52. The van der Waals surface area contributed by atoms with Crippen LogP contribution in [-0.2, 0) is 0 Å². The van der Waals surface area contributed by atoms with Crippen LogP contribution in [0.25, 0.3) is 11.0 Å². The van der Waals surface area contributed by atoms with Crippen molar-refractivity contribution >= 4 is 32.9 Å². The van der Waals surface area contributed by atoms with Crippen LogP contribution in [0.5, 0.6) is 5.75 Å². The number of hydrogen-bond donors (Lipinski definition) is 0. The Morgan fingerprint density at radius 2 is 2.00 bits per heavy atom. The second kappa shape index (κ2) is 7.71. The van der Waals surface area contributed by atoms with E-state index < -0.39 is 0 Å². The zero-order chi connectivity index (χ0) is 19.7. The Bertz CT molecular complexity index is 1090. The van der Waals surface area contributed by atoms with Gasteiger partial charge in [0, 0.05) is 29.8 Å². The number of carbonyl (C=O) groups excluding carboxylic acids is 1. The van der Waals surface area contributed by atoms with E-state index in [0.29, 0.717) is 48.3 Å². The van der Waals surface area contributed by atoms with Crippen molar-refractivity contribution in [2.75, 3.05) is 20.2 Å². The first-order chi connectivity index (χ1) is 13.6. The van der Waals surface area contributed by atoms with E-state index in [-0.39, 0.29) is 17.5 Å². The third kappa shape index (κ3) is 3.40. The molecule has 7 nitrogen and oxygen atoms in total. The first-order valence-corrected chi connectivity index (χ1v) is 9.82. The summed E-state index contributed by atoms with van der Waals surface area (Å²) in [6, 6.07) is 8.86. The van der Waals surface area contributed by atoms with Gasteiger partial charge in [-0.1, -0.05) is 0 Å². The summed E-state index contributed by atoms with van der Waals surface area (Å²) in [6.45, 7) is 1.15. The van der Waals surface area contributed by atoms with Crippen molar-refractivity contribution in [2.45, 2.75) is 18.9 Å². The van der Waals surface area contributed by atoms with Gasteiger partial charge in [0.15, 0.2) is 5.65 Å². The molecule has 144 valence electrons. The number of fused-ring (bicyclic) bond motifs is 1. The lowest BCUT2D eigenvalue weighted by atomic mass is 10.0. The maximum atomic E-state index is 12.9. The number of benzene rings is 1. The summed E-state index contributed by atoms with van der Waals surface area (Å²) in [4.78, 5) is 35.9. The first-order valence-electron chi connectivity index (χ1n) is 9.03. The van der Waals surface area contributed by atoms with Crippen LogP contribution in [0.2, 0.25) is 0 Å². The van der Waals surface area contributed by atoms with Gasteiger partial charge < -0.3 is 9.64 Å². The number of hydrogen-bond acceptors (Lipinski definition) is 5. The Labute approximate surface area is 170 Å². The Hall–Kier alpha value is -2.74. The average molecular weight is 443 g/mol. The number of amides is 1. The highest BCUT2D eigenvalue weighted by Crippen LogP contribution is 2.27. The highest BCUT2D eigenvalue weighted by atomic mass is 79.9. The lowest BCUT2D eigenvalue weighted by Crippen LogP contribution is -2.41. The molecule has 0 atom stereocenters. The quantitative estimate of drug-likeness (QED) is 0.622. The smallest absolute Gasteiger partial charge is 0.263 e. The molecule has 1 fully saturated rings. The van der Waals surface area contributed by atoms with E-state index in [2.05, 4.69) is 25.9 Å². The topological polar surface area (TPSA) is 77.3 Å². The van der Waals surface area contributed by atoms with Crippen LogP contribution in [0.15, 0.2) is 52.1 Å². The average Bonchev–Trinajstić information content (AvgIpc) is 2.74. The zero-order valence-corrected chi connectivity index (χ0v) is 16.9. The summed E-state index contributed by atoms with van der Waals surface area (Å²) in [5.74, 6) is 0.598. The third-order valence-corrected chi connectivity index (χ3v) is 5.80. The number of rotatable bonds is 3. The van der Waals surface area contributed by atoms with E-state index in [1.165, 1.54) is 0 Å². The molecule has 1 aliphatic rings. The molecular weight excluding hydrogens is 424 g/mol. The van der Waals surface area contributed by atoms with Crippen molar-refractivity contribution < 1.29 is 9.53 Å². The van der Waals surface area contributed by atoms with Crippen molar-refractivity contribution in [3.8, 4) is 5.75 Å². The minimum absolute atomic E-state index is 0.0161. The van der Waals surface area contributed by atoms with Crippen LogP contribution >= 0.6 is 15.9 Å². The molecular formula is C20H19BrN4O3. The fraction of sp³-hybridized carbons (Fsp3) is 0.300. The molecule has 28 heavy (non-hydrogen) atoms. The molecule has 4 rings (SSSR count). The van der Waals surface area contributed by atoms with Crippen LogP contribution < -0.4 is 10.3 Å². The van der Waals surface area contributed by atoms with Crippen molar-refractivity contribution in [1.29, 1.82) is 0 Å². The van der Waals surface area contributed by atoms with Gasteiger partial charge in [-0.25, -0.2) is 9.97 Å². The van der Waals surface area contributed by atoms with Gasteiger partial charge in [0.2, 0.25) is 0 Å². The molecule has 0 N–H and O–H groups in total. The molecule has 0 saturated carbocycles. The van der Waals surface area contributed by atoms with Gasteiger partial charge in [-0.3, -0.25) is 14.2 Å². The molecule has 2 aromatic heterocycles. The molecule has 1 aromatic carbocycles. The van der Waals surface area contributed by atoms with Crippen LogP contribution in [-0.4, -0.2) is 45.5 Å². The van der Waals surface area contributed by atoms with Gasteiger partial charge in [0.25, 0.3) is 11.5 Å². The van der Waals surface area contributed by atoms with Crippen LogP contribution in [0.3, 0.4) is 0 Å². The Kier molecular flexibility index (Phi) is 5.13. The number of ether oxygens (including phenoxy) is 1. The van der Waals surface area contributed by atoms with E-state index in [1.54, 1.807) is 48.5 Å². The fourth-order valence-electron chi connectivity index (χ4n) is 3.55. The molecule has 1 aliphatic heterocycles. The summed E-state index contributed by atoms with van der Waals surface area (Å²) in [7, 11) is 1.58. The monoisotopic (exact) mass is 442 g/mol. The maximum Gasteiger partial charge on any atom is 0.263 e. The van der Waals surface area contributed by atoms with E-state index in [1.807, 2.05) is 11.0 Å². The molecule has 0 radical (unpaired) electrons. The number of aromatic nitrogens is 3. The third-order valence-electron chi connectivity index (χ3n) is 5.11. The molecule has 0 bridgehead atoms. The van der Waals surface area contributed by atoms with Crippen molar-refractivity contribution in [3.63, 3.8) is 0 Å². The number of likely N-dealkylation sites (tertiary alicyclic amines) is 1. The van der Waals surface area contributed by atoms with Gasteiger partial charge in [-0.2, -0.15) is 0 Å². The van der Waals surface area contributed by atoms with Gasteiger partial charge in [0.05, 0.1) is 18.1 Å². The van der Waals surface area contributed by atoms with Crippen molar-refractivity contribution in [1.82, 2.24) is 19.4 Å². The van der Waals surface area contributed by atoms with Crippen LogP contribution in [0.4, 0.5) is 0 Å². The summed E-state index contributed by atoms with van der Waals surface area (Å²) in [5.41, 5.74) is 0.950. The fourth-order valence-corrected chi connectivity index (χ4v) is 3.96. The molecule has 0 unspecified atom stereocenters. The SMILES string of the molecule is COc1ccc(Br)c(C(=O)N2CCC(n3cnc4ncccc4c3=O)CC2)c1. The summed E-state index contributed by atoms with van der Waals surface area (Å²) >= 11 is 3.45. The minimum atomic E-state index is -0.0848. The van der Waals surface area contributed by atoms with Gasteiger partial charge >= 0.3 is 0 Å². The maximum absolute atomic E-state index is 12.9. The lowest BCUT2D eigenvalue weighted by Gasteiger charge is -2.33. The number of piperidine rings is 1. The largest absolute Gasteiger partial charge is 0.497 e. The minimum Gasteiger partial charge on any atom is -0.497 e. The number of nitrogens with zero attached hydrogens (tertiary/aromatic N) is 4. The normalized spacial score (nSPS) is 15.0. The summed E-state index contributed by atoms with van der Waals surface area (Å²) in [5, 5.41) is 0.517. The summed E-state index contributed by atoms with van der Waals surface area (Å²) < 4.78 is 7.64. The molecule has 1 amide bonds. The van der Waals surface area contributed by atoms with Crippen LogP contribution in [0, 0.1) is 0 Å². The van der Waals surface area contributed by atoms with Crippen LogP contribution in [0.1, 0.15) is 29.2 Å². The number of carbonyl (C=O) groups is 1. The predicted octanol–water partition coefficient (Wildman–Crippen LogP) is 3.04. The predicted molar refractivity (Wildman–Crippen MR) is 109 cm³/mol. The molecule has 8 heteroatoms. The summed E-state index contributed by atoms with van der Waals surface area (Å²) in [6.07, 6.45) is 4.58. The van der Waals surface area contributed by atoms with E-state index >= 15 is 0 Å².